The third-order valence-corrected chi connectivity index (χ3v) is 2.54. The Morgan fingerprint density at radius 1 is 1.39 bits per heavy atom. The molecule has 2 N–H and O–H groups in total. The maximum absolute atomic E-state index is 13.5. The number of rotatable bonds is 3. The molecule has 1 amide bonds. The molecule has 1 aromatic carbocycles. The zero-order valence-electron chi connectivity index (χ0n) is 9.58. The van der Waals surface area contributed by atoms with E-state index in [-0.39, 0.29) is 5.56 Å². The minimum absolute atomic E-state index is 0.158. The van der Waals surface area contributed by atoms with Gasteiger partial charge in [-0.3, -0.25) is 9.89 Å². The first-order valence-corrected chi connectivity index (χ1v) is 5.33. The molecule has 0 fully saturated rings. The molecule has 6 heteroatoms. The fraction of sp³-hybridized carbons (Fsp3) is 0.167. The van der Waals surface area contributed by atoms with Crippen molar-refractivity contribution in [3.05, 3.63) is 53.4 Å². The van der Waals surface area contributed by atoms with Gasteiger partial charge in [0.05, 0.1) is 17.8 Å². The first-order chi connectivity index (χ1) is 8.59. The second-order valence-corrected chi connectivity index (χ2v) is 3.82. The third kappa shape index (κ3) is 2.37. The van der Waals surface area contributed by atoms with Gasteiger partial charge in [-0.25, -0.2) is 8.78 Å². The molecule has 0 saturated heterocycles. The van der Waals surface area contributed by atoms with Crippen molar-refractivity contribution in [2.24, 2.45) is 0 Å². The standard InChI is InChI=1S/C12H11F2N3O/c1-7(11-9(13)3-2-4-10(11)14)17-12(18)8-5-15-16-6-8/h2-7H,1H3,(H,15,16)(H,17,18). The Morgan fingerprint density at radius 3 is 2.61 bits per heavy atom. The second kappa shape index (κ2) is 4.95. The highest BCUT2D eigenvalue weighted by Gasteiger charge is 2.18. The van der Waals surface area contributed by atoms with Gasteiger partial charge in [0.15, 0.2) is 0 Å². The number of amides is 1. The zero-order chi connectivity index (χ0) is 13.1. The highest BCUT2D eigenvalue weighted by atomic mass is 19.1. The van der Waals surface area contributed by atoms with E-state index in [0.717, 1.165) is 12.1 Å². The van der Waals surface area contributed by atoms with E-state index in [2.05, 4.69) is 15.5 Å². The van der Waals surface area contributed by atoms with E-state index in [0.29, 0.717) is 5.56 Å². The van der Waals surface area contributed by atoms with Gasteiger partial charge in [0.25, 0.3) is 5.91 Å². The summed E-state index contributed by atoms with van der Waals surface area (Å²) < 4.78 is 27.0. The lowest BCUT2D eigenvalue weighted by atomic mass is 10.1. The van der Waals surface area contributed by atoms with Crippen molar-refractivity contribution in [1.29, 1.82) is 0 Å². The Bertz CT molecular complexity index is 534. The summed E-state index contributed by atoms with van der Waals surface area (Å²) in [5, 5.41) is 8.61. The average Bonchev–Trinajstić information content (AvgIpc) is 2.81. The molecule has 1 aromatic heterocycles. The Morgan fingerprint density at radius 2 is 2.06 bits per heavy atom. The number of aromatic nitrogens is 2. The van der Waals surface area contributed by atoms with Crippen LogP contribution in [-0.4, -0.2) is 16.1 Å². The van der Waals surface area contributed by atoms with Crippen LogP contribution in [0.5, 0.6) is 0 Å². The van der Waals surface area contributed by atoms with Crippen LogP contribution in [0.4, 0.5) is 8.78 Å². The summed E-state index contributed by atoms with van der Waals surface area (Å²) in [6, 6.07) is 2.81. The minimum atomic E-state index is -0.770. The number of aromatic amines is 1. The summed E-state index contributed by atoms with van der Waals surface area (Å²) in [6.07, 6.45) is 2.74. The largest absolute Gasteiger partial charge is 0.345 e. The van der Waals surface area contributed by atoms with Crippen molar-refractivity contribution in [2.75, 3.05) is 0 Å². The molecule has 0 aliphatic rings. The molecule has 0 bridgehead atoms. The summed E-state index contributed by atoms with van der Waals surface area (Å²) in [5.41, 5.74) is 0.146. The molecular weight excluding hydrogens is 240 g/mol. The summed E-state index contributed by atoms with van der Waals surface area (Å²) in [7, 11) is 0. The molecular formula is C12H11F2N3O. The van der Waals surface area contributed by atoms with Crippen molar-refractivity contribution >= 4 is 5.91 Å². The molecule has 0 spiro atoms. The molecule has 1 atom stereocenters. The first kappa shape index (κ1) is 12.2. The quantitative estimate of drug-likeness (QED) is 0.878. The van der Waals surface area contributed by atoms with Crippen molar-refractivity contribution in [3.63, 3.8) is 0 Å². The zero-order valence-corrected chi connectivity index (χ0v) is 9.58. The number of hydrogen-bond acceptors (Lipinski definition) is 2. The van der Waals surface area contributed by atoms with Gasteiger partial charge in [-0.2, -0.15) is 5.10 Å². The van der Waals surface area contributed by atoms with Crippen LogP contribution in [0.1, 0.15) is 28.9 Å². The number of halogens is 2. The monoisotopic (exact) mass is 251 g/mol. The van der Waals surface area contributed by atoms with Crippen LogP contribution in [-0.2, 0) is 0 Å². The van der Waals surface area contributed by atoms with Gasteiger partial charge >= 0.3 is 0 Å². The summed E-state index contributed by atoms with van der Waals surface area (Å²) in [4.78, 5) is 11.7. The predicted octanol–water partition coefficient (Wildman–Crippen LogP) is 2.18. The van der Waals surface area contributed by atoms with Crippen LogP contribution >= 0.6 is 0 Å². The molecule has 2 rings (SSSR count). The van der Waals surface area contributed by atoms with Gasteiger partial charge in [-0.05, 0) is 19.1 Å². The summed E-state index contributed by atoms with van der Waals surface area (Å²) >= 11 is 0. The van der Waals surface area contributed by atoms with E-state index < -0.39 is 23.6 Å². The van der Waals surface area contributed by atoms with Gasteiger partial charge in [0.1, 0.15) is 11.6 Å². The SMILES string of the molecule is CC(NC(=O)c1cn[nH]c1)c1c(F)cccc1F. The lowest BCUT2D eigenvalue weighted by molar-refractivity contribution is 0.0939. The summed E-state index contributed by atoms with van der Waals surface area (Å²) in [6.45, 7) is 1.51. The van der Waals surface area contributed by atoms with Crippen molar-refractivity contribution < 1.29 is 13.6 Å². The molecule has 0 aliphatic carbocycles. The van der Waals surface area contributed by atoms with Crippen LogP contribution in [0, 0.1) is 11.6 Å². The molecule has 0 radical (unpaired) electrons. The van der Waals surface area contributed by atoms with Crippen LogP contribution in [0.3, 0.4) is 0 Å². The molecule has 4 nitrogen and oxygen atoms in total. The Kier molecular flexibility index (Phi) is 3.36. The average molecular weight is 251 g/mol. The number of nitrogens with zero attached hydrogens (tertiary/aromatic N) is 1. The van der Waals surface area contributed by atoms with Gasteiger partial charge in [-0.1, -0.05) is 6.07 Å². The lowest BCUT2D eigenvalue weighted by Crippen LogP contribution is -2.27. The van der Waals surface area contributed by atoms with E-state index in [1.165, 1.54) is 25.4 Å². The van der Waals surface area contributed by atoms with Crippen LogP contribution in [0.2, 0.25) is 0 Å². The molecule has 0 aliphatic heterocycles. The molecule has 1 heterocycles. The Hall–Kier alpha value is -2.24. The van der Waals surface area contributed by atoms with Crippen LogP contribution < -0.4 is 5.32 Å². The van der Waals surface area contributed by atoms with Crippen molar-refractivity contribution in [3.8, 4) is 0 Å². The highest BCUT2D eigenvalue weighted by molar-refractivity contribution is 5.93. The van der Waals surface area contributed by atoms with Crippen LogP contribution in [0.25, 0.3) is 0 Å². The number of nitrogens with one attached hydrogen (secondary N) is 2. The van der Waals surface area contributed by atoms with Gasteiger partial charge in [0, 0.05) is 11.8 Å². The van der Waals surface area contributed by atoms with E-state index in [9.17, 15) is 13.6 Å². The van der Waals surface area contributed by atoms with Crippen molar-refractivity contribution in [2.45, 2.75) is 13.0 Å². The van der Waals surface area contributed by atoms with Crippen LogP contribution in [0.15, 0.2) is 30.6 Å². The van der Waals surface area contributed by atoms with E-state index in [1.54, 1.807) is 0 Å². The van der Waals surface area contributed by atoms with E-state index in [4.69, 9.17) is 0 Å². The highest BCUT2D eigenvalue weighted by Crippen LogP contribution is 2.20. The first-order valence-electron chi connectivity index (χ1n) is 5.33. The lowest BCUT2D eigenvalue weighted by Gasteiger charge is -2.15. The van der Waals surface area contributed by atoms with Crippen molar-refractivity contribution in [1.82, 2.24) is 15.5 Å². The third-order valence-electron chi connectivity index (χ3n) is 2.54. The molecule has 94 valence electrons. The smallest absolute Gasteiger partial charge is 0.254 e. The van der Waals surface area contributed by atoms with Gasteiger partial charge in [-0.15, -0.1) is 0 Å². The number of carbonyl (C=O) groups is 1. The molecule has 18 heavy (non-hydrogen) atoms. The maximum Gasteiger partial charge on any atom is 0.254 e. The fourth-order valence-electron chi connectivity index (χ4n) is 1.65. The van der Waals surface area contributed by atoms with Gasteiger partial charge in [0.2, 0.25) is 0 Å². The topological polar surface area (TPSA) is 57.8 Å². The number of hydrogen-bond donors (Lipinski definition) is 2. The maximum atomic E-state index is 13.5. The Labute approximate surface area is 102 Å². The van der Waals surface area contributed by atoms with Gasteiger partial charge < -0.3 is 5.32 Å². The predicted molar refractivity (Wildman–Crippen MR) is 60.8 cm³/mol. The number of carbonyl (C=O) groups excluding carboxylic acids is 1. The minimum Gasteiger partial charge on any atom is -0.345 e. The van der Waals surface area contributed by atoms with E-state index in [1.807, 2.05) is 0 Å². The number of H-pyrrole nitrogens is 1. The second-order valence-electron chi connectivity index (χ2n) is 3.82. The Balaban J connectivity index is 2.17. The normalized spacial score (nSPS) is 12.2. The molecule has 2 aromatic rings. The molecule has 0 saturated carbocycles. The summed E-state index contributed by atoms with van der Waals surface area (Å²) in [5.74, 6) is -1.82. The molecule has 1 unspecified atom stereocenters. The van der Waals surface area contributed by atoms with E-state index >= 15 is 0 Å². The number of benzene rings is 1. The fourth-order valence-corrected chi connectivity index (χ4v) is 1.65.